The molecule has 1 rings (SSSR count). The van der Waals surface area contributed by atoms with Crippen molar-refractivity contribution in [2.75, 3.05) is 13.1 Å². The van der Waals surface area contributed by atoms with Crippen LogP contribution >= 0.6 is 0 Å². The Morgan fingerprint density at radius 3 is 2.38 bits per heavy atom. The summed E-state index contributed by atoms with van der Waals surface area (Å²) < 4.78 is 5.29. The van der Waals surface area contributed by atoms with Gasteiger partial charge in [-0.3, -0.25) is 4.79 Å². The summed E-state index contributed by atoms with van der Waals surface area (Å²) in [4.78, 5) is 24.9. The van der Waals surface area contributed by atoms with Gasteiger partial charge >= 0.3 is 6.09 Å². The van der Waals surface area contributed by atoms with Crippen molar-refractivity contribution in [2.45, 2.75) is 32.8 Å². The number of ether oxygens (including phenoxy) is 1. The topological polar surface area (TPSA) is 70.5 Å². The summed E-state index contributed by atoms with van der Waals surface area (Å²) in [6.07, 6.45) is 0.819. The van der Waals surface area contributed by atoms with Gasteiger partial charge in [0.2, 0.25) is 0 Å². The van der Waals surface area contributed by atoms with Crippen molar-refractivity contribution in [3.05, 3.63) is 35.9 Å². The molecule has 0 unspecified atom stereocenters. The summed E-state index contributed by atoms with van der Waals surface area (Å²) in [5.41, 5.74) is 0.462. The quantitative estimate of drug-likeness (QED) is 0.819. The van der Waals surface area contributed by atoms with Crippen LogP contribution in [0.2, 0.25) is 0 Å². The van der Waals surface area contributed by atoms with Gasteiger partial charge in [-0.2, -0.15) is 0 Å². The summed E-state index contributed by atoms with van der Waals surface area (Å²) in [6, 6.07) is 9.71. The molecular formula is C16H22N2O3. The maximum Gasteiger partial charge on any atom is 0.410 e. The van der Waals surface area contributed by atoms with E-state index in [1.54, 1.807) is 20.8 Å². The van der Waals surface area contributed by atoms with Crippen LogP contribution in [0.1, 0.15) is 26.3 Å². The smallest absolute Gasteiger partial charge is 0.410 e. The minimum absolute atomic E-state index is 0.134. The Kier molecular flexibility index (Phi) is 6.09. The fourth-order valence-electron chi connectivity index (χ4n) is 1.70. The Balaban J connectivity index is 2.70. The first-order chi connectivity index (χ1) is 9.81. The summed E-state index contributed by atoms with van der Waals surface area (Å²) in [5, 5.41) is 6.97. The van der Waals surface area contributed by atoms with Crippen molar-refractivity contribution >= 4 is 18.1 Å². The lowest BCUT2D eigenvalue weighted by Crippen LogP contribution is -2.41. The van der Waals surface area contributed by atoms with Crippen LogP contribution in [-0.2, 0) is 16.0 Å². The van der Waals surface area contributed by atoms with Gasteiger partial charge < -0.3 is 15.0 Å². The zero-order chi connectivity index (χ0) is 15.9. The second kappa shape index (κ2) is 7.57. The number of benzene rings is 1. The highest BCUT2D eigenvalue weighted by Gasteiger charge is 2.23. The monoisotopic (exact) mass is 290 g/mol. The molecule has 5 heteroatoms. The zero-order valence-electron chi connectivity index (χ0n) is 12.8. The van der Waals surface area contributed by atoms with Gasteiger partial charge in [-0.05, 0) is 32.8 Å². The molecule has 0 spiro atoms. The van der Waals surface area contributed by atoms with Crippen LogP contribution in [0.25, 0.3) is 0 Å². The van der Waals surface area contributed by atoms with Gasteiger partial charge in [0.15, 0.2) is 5.78 Å². The van der Waals surface area contributed by atoms with E-state index in [0.29, 0.717) is 13.0 Å². The van der Waals surface area contributed by atoms with E-state index in [0.717, 1.165) is 11.8 Å². The van der Waals surface area contributed by atoms with Crippen LogP contribution in [0, 0.1) is 5.41 Å². The second-order valence-electron chi connectivity index (χ2n) is 5.75. The Morgan fingerprint density at radius 1 is 1.24 bits per heavy atom. The summed E-state index contributed by atoms with van der Waals surface area (Å²) in [5.74, 6) is -0.422. The Labute approximate surface area is 125 Å². The Hall–Kier alpha value is -2.17. The van der Waals surface area contributed by atoms with Gasteiger partial charge in [0.25, 0.3) is 0 Å². The second-order valence-corrected chi connectivity index (χ2v) is 5.75. The molecule has 0 heterocycles. The molecule has 0 saturated heterocycles. The Bertz CT molecular complexity index is 492. The average molecular weight is 290 g/mol. The zero-order valence-corrected chi connectivity index (χ0v) is 12.8. The lowest BCUT2D eigenvalue weighted by atomic mass is 10.1. The predicted octanol–water partition coefficient (Wildman–Crippen LogP) is 2.68. The predicted molar refractivity (Wildman–Crippen MR) is 81.7 cm³/mol. The van der Waals surface area contributed by atoms with Crippen molar-refractivity contribution < 1.29 is 14.3 Å². The van der Waals surface area contributed by atoms with E-state index in [1.165, 1.54) is 4.90 Å². The Morgan fingerprint density at radius 2 is 1.86 bits per heavy atom. The number of Topliss-reactive ketones (excluding diaryl/α,β-unsaturated/α-hetero) is 1. The SMILES string of the molecule is CC(C)(C)OC(=O)N(CCc1ccccc1)CC(=O)C=N. The summed E-state index contributed by atoms with van der Waals surface area (Å²) in [6.45, 7) is 5.57. The molecule has 1 N–H and O–H groups in total. The first kappa shape index (κ1) is 16.9. The van der Waals surface area contributed by atoms with Gasteiger partial charge in [-0.1, -0.05) is 30.3 Å². The molecule has 5 nitrogen and oxygen atoms in total. The summed E-state index contributed by atoms with van der Waals surface area (Å²) >= 11 is 0. The molecule has 0 aliphatic carbocycles. The highest BCUT2D eigenvalue weighted by Crippen LogP contribution is 2.11. The van der Waals surface area contributed by atoms with Crippen molar-refractivity contribution in [3.8, 4) is 0 Å². The number of carbonyl (C=O) groups is 2. The molecule has 0 atom stereocenters. The number of nitrogens with zero attached hydrogens (tertiary/aromatic N) is 1. The van der Waals surface area contributed by atoms with E-state index in [4.69, 9.17) is 10.1 Å². The first-order valence-electron chi connectivity index (χ1n) is 6.87. The fraction of sp³-hybridized carbons (Fsp3) is 0.438. The molecule has 0 saturated carbocycles. The van der Waals surface area contributed by atoms with E-state index < -0.39 is 17.5 Å². The molecule has 0 bridgehead atoms. The van der Waals surface area contributed by atoms with Crippen LogP contribution in [0.4, 0.5) is 4.79 Å². The van der Waals surface area contributed by atoms with E-state index in [2.05, 4.69) is 0 Å². The van der Waals surface area contributed by atoms with Crippen molar-refractivity contribution in [3.63, 3.8) is 0 Å². The maximum atomic E-state index is 12.1. The van der Waals surface area contributed by atoms with Gasteiger partial charge in [0, 0.05) is 6.54 Å². The maximum absolute atomic E-state index is 12.1. The van der Waals surface area contributed by atoms with Crippen molar-refractivity contribution in [1.82, 2.24) is 4.90 Å². The van der Waals surface area contributed by atoms with Gasteiger partial charge in [-0.25, -0.2) is 4.79 Å². The van der Waals surface area contributed by atoms with E-state index in [-0.39, 0.29) is 6.54 Å². The number of ketones is 1. The highest BCUT2D eigenvalue weighted by molar-refractivity contribution is 6.27. The number of nitrogens with one attached hydrogen (secondary N) is 1. The van der Waals surface area contributed by atoms with Crippen molar-refractivity contribution in [2.24, 2.45) is 0 Å². The molecule has 0 aromatic heterocycles. The lowest BCUT2D eigenvalue weighted by Gasteiger charge is -2.26. The third kappa shape index (κ3) is 6.70. The fourth-order valence-corrected chi connectivity index (χ4v) is 1.70. The molecule has 1 aromatic rings. The van der Waals surface area contributed by atoms with E-state index in [9.17, 15) is 9.59 Å². The third-order valence-corrected chi connectivity index (χ3v) is 2.67. The summed E-state index contributed by atoms with van der Waals surface area (Å²) in [7, 11) is 0. The standard InChI is InChI=1S/C16H22N2O3/c1-16(2,3)21-15(20)18(12-14(19)11-17)10-9-13-7-5-4-6-8-13/h4-8,11,17H,9-10,12H2,1-3H3. The molecule has 0 fully saturated rings. The normalized spacial score (nSPS) is 10.8. The van der Waals surface area contributed by atoms with E-state index >= 15 is 0 Å². The van der Waals surface area contributed by atoms with Crippen molar-refractivity contribution in [1.29, 1.82) is 5.41 Å². The van der Waals surface area contributed by atoms with Crippen LogP contribution in [0.15, 0.2) is 30.3 Å². The average Bonchev–Trinajstić information content (AvgIpc) is 2.42. The minimum atomic E-state index is -0.615. The first-order valence-corrected chi connectivity index (χ1v) is 6.87. The van der Waals surface area contributed by atoms with Crippen LogP contribution in [0.5, 0.6) is 0 Å². The number of rotatable bonds is 6. The number of carbonyl (C=O) groups excluding carboxylic acids is 2. The number of amides is 1. The number of hydrogen-bond acceptors (Lipinski definition) is 4. The molecular weight excluding hydrogens is 268 g/mol. The van der Waals surface area contributed by atoms with Gasteiger partial charge in [-0.15, -0.1) is 0 Å². The molecule has 114 valence electrons. The van der Waals surface area contributed by atoms with Gasteiger partial charge in [0.1, 0.15) is 5.60 Å². The highest BCUT2D eigenvalue weighted by atomic mass is 16.6. The largest absolute Gasteiger partial charge is 0.444 e. The molecule has 0 aliphatic heterocycles. The molecule has 1 amide bonds. The molecule has 1 aromatic carbocycles. The van der Waals surface area contributed by atoms with Gasteiger partial charge in [0.05, 0.1) is 12.8 Å². The molecule has 0 radical (unpaired) electrons. The number of hydrogen-bond donors (Lipinski definition) is 1. The van der Waals surface area contributed by atoms with E-state index in [1.807, 2.05) is 30.3 Å². The molecule has 21 heavy (non-hydrogen) atoms. The van der Waals surface area contributed by atoms with Crippen LogP contribution < -0.4 is 0 Å². The van der Waals surface area contributed by atoms with Crippen LogP contribution in [0.3, 0.4) is 0 Å². The third-order valence-electron chi connectivity index (χ3n) is 2.67. The molecule has 0 aliphatic rings. The minimum Gasteiger partial charge on any atom is -0.444 e. The lowest BCUT2D eigenvalue weighted by molar-refractivity contribution is -0.113. The van der Waals surface area contributed by atoms with Crippen LogP contribution in [-0.4, -0.2) is 41.7 Å².